The lowest BCUT2D eigenvalue weighted by Gasteiger charge is -2.38. The van der Waals surface area contributed by atoms with Gasteiger partial charge in [-0.3, -0.25) is 9.69 Å². The van der Waals surface area contributed by atoms with E-state index >= 15 is 0 Å². The summed E-state index contributed by atoms with van der Waals surface area (Å²) in [7, 11) is 0. The first-order valence-electron chi connectivity index (χ1n) is 8.57. The van der Waals surface area contributed by atoms with Gasteiger partial charge in [0.2, 0.25) is 0 Å². The van der Waals surface area contributed by atoms with Crippen LogP contribution in [0.25, 0.3) is 0 Å². The zero-order valence-corrected chi connectivity index (χ0v) is 15.8. The molecule has 1 aromatic rings. The number of ether oxygens (including phenoxy) is 1. The Kier molecular flexibility index (Phi) is 5.57. The van der Waals surface area contributed by atoms with Crippen molar-refractivity contribution in [1.82, 2.24) is 9.80 Å². The molecule has 0 saturated carbocycles. The lowest BCUT2D eigenvalue weighted by Crippen LogP contribution is -2.50. The molecule has 1 amide bonds. The molecule has 1 aromatic carbocycles. The molecule has 3 rings (SSSR count). The standard InChI is InChI=1S/C18H24BrFN2O2/c1-12-9-21(10-13(2)24-12)11-17-4-3-5-22(17)18(23)14-6-15(19)8-16(20)7-14/h6-8,12-13,17H,3-5,9-11H2,1-2H3. The smallest absolute Gasteiger partial charge is 0.254 e. The summed E-state index contributed by atoms with van der Waals surface area (Å²) in [5.41, 5.74) is 0.414. The SMILES string of the molecule is CC1CN(CC2CCCN2C(=O)c2cc(F)cc(Br)c2)CC(C)O1. The highest BCUT2D eigenvalue weighted by atomic mass is 79.9. The molecule has 3 atom stereocenters. The second kappa shape index (κ2) is 7.50. The van der Waals surface area contributed by atoms with E-state index < -0.39 is 0 Å². The van der Waals surface area contributed by atoms with Gasteiger partial charge >= 0.3 is 0 Å². The molecule has 6 heteroatoms. The Morgan fingerprint density at radius 1 is 1.29 bits per heavy atom. The van der Waals surface area contributed by atoms with Gasteiger partial charge in [-0.1, -0.05) is 15.9 Å². The first-order valence-corrected chi connectivity index (χ1v) is 9.36. The summed E-state index contributed by atoms with van der Waals surface area (Å²) in [6, 6.07) is 4.58. The van der Waals surface area contributed by atoms with E-state index in [1.807, 2.05) is 4.90 Å². The van der Waals surface area contributed by atoms with Crippen LogP contribution < -0.4 is 0 Å². The van der Waals surface area contributed by atoms with E-state index in [1.165, 1.54) is 12.1 Å². The summed E-state index contributed by atoms with van der Waals surface area (Å²) in [6.45, 7) is 7.57. The van der Waals surface area contributed by atoms with Gasteiger partial charge in [0.05, 0.1) is 12.2 Å². The molecule has 0 radical (unpaired) electrons. The van der Waals surface area contributed by atoms with Crippen LogP contribution in [0.15, 0.2) is 22.7 Å². The lowest BCUT2D eigenvalue weighted by atomic mass is 10.1. The van der Waals surface area contributed by atoms with Crippen molar-refractivity contribution >= 4 is 21.8 Å². The summed E-state index contributed by atoms with van der Waals surface area (Å²) >= 11 is 3.26. The van der Waals surface area contributed by atoms with Gasteiger partial charge in [-0.25, -0.2) is 4.39 Å². The predicted octanol–water partition coefficient (Wildman–Crippen LogP) is 3.30. The zero-order valence-electron chi connectivity index (χ0n) is 14.2. The van der Waals surface area contributed by atoms with Gasteiger partial charge in [-0.15, -0.1) is 0 Å². The van der Waals surface area contributed by atoms with Crippen LogP contribution in [0.1, 0.15) is 37.0 Å². The number of benzene rings is 1. The van der Waals surface area contributed by atoms with Crippen molar-refractivity contribution in [2.45, 2.75) is 44.9 Å². The van der Waals surface area contributed by atoms with Crippen LogP contribution in [0.4, 0.5) is 4.39 Å². The number of rotatable bonds is 3. The largest absolute Gasteiger partial charge is 0.373 e. The third-order valence-electron chi connectivity index (χ3n) is 4.71. The molecule has 2 heterocycles. The zero-order chi connectivity index (χ0) is 17.3. The fourth-order valence-electron chi connectivity index (χ4n) is 3.87. The fourth-order valence-corrected chi connectivity index (χ4v) is 4.33. The Bertz CT molecular complexity index is 582. The van der Waals surface area contributed by atoms with Crippen LogP contribution in [0.3, 0.4) is 0 Å². The summed E-state index contributed by atoms with van der Waals surface area (Å²) in [5.74, 6) is -0.466. The quantitative estimate of drug-likeness (QED) is 0.782. The maximum absolute atomic E-state index is 13.6. The molecule has 0 spiro atoms. The topological polar surface area (TPSA) is 32.8 Å². The number of likely N-dealkylation sites (tertiary alicyclic amines) is 1. The Balaban J connectivity index is 1.69. The van der Waals surface area contributed by atoms with Crippen molar-refractivity contribution in [1.29, 1.82) is 0 Å². The Hall–Kier alpha value is -0.980. The molecule has 2 fully saturated rings. The number of carbonyl (C=O) groups is 1. The summed E-state index contributed by atoms with van der Waals surface area (Å²) in [5, 5.41) is 0. The van der Waals surface area contributed by atoms with Crippen LogP contribution in [-0.2, 0) is 4.74 Å². The van der Waals surface area contributed by atoms with Gasteiger partial charge in [0, 0.05) is 42.3 Å². The minimum atomic E-state index is -0.390. The van der Waals surface area contributed by atoms with Crippen LogP contribution >= 0.6 is 15.9 Å². The van der Waals surface area contributed by atoms with Gasteiger partial charge in [0.15, 0.2) is 0 Å². The van der Waals surface area contributed by atoms with Crippen molar-refractivity contribution in [2.24, 2.45) is 0 Å². The number of nitrogens with zero attached hydrogens (tertiary/aromatic N) is 2. The molecule has 24 heavy (non-hydrogen) atoms. The van der Waals surface area contributed by atoms with Gasteiger partial charge in [0.1, 0.15) is 5.82 Å². The number of morpholine rings is 1. The third kappa shape index (κ3) is 4.16. The normalized spacial score (nSPS) is 28.3. The van der Waals surface area contributed by atoms with Crippen molar-refractivity contribution in [3.63, 3.8) is 0 Å². The van der Waals surface area contributed by atoms with Gasteiger partial charge in [0.25, 0.3) is 5.91 Å². The maximum atomic E-state index is 13.6. The van der Waals surface area contributed by atoms with Crippen LogP contribution in [0.2, 0.25) is 0 Å². The highest BCUT2D eigenvalue weighted by Gasteiger charge is 2.33. The Labute approximate surface area is 151 Å². The molecule has 4 nitrogen and oxygen atoms in total. The van der Waals surface area contributed by atoms with E-state index in [2.05, 4.69) is 34.7 Å². The molecule has 132 valence electrons. The molecule has 2 aliphatic rings. The summed E-state index contributed by atoms with van der Waals surface area (Å²) in [4.78, 5) is 17.1. The number of amides is 1. The minimum Gasteiger partial charge on any atom is -0.373 e. The molecule has 2 aliphatic heterocycles. The van der Waals surface area contributed by atoms with E-state index in [9.17, 15) is 9.18 Å². The van der Waals surface area contributed by atoms with E-state index in [0.29, 0.717) is 10.0 Å². The van der Waals surface area contributed by atoms with Crippen molar-refractivity contribution in [3.05, 3.63) is 34.1 Å². The van der Waals surface area contributed by atoms with Crippen LogP contribution in [0.5, 0.6) is 0 Å². The molecule has 2 saturated heterocycles. The molecular weight excluding hydrogens is 375 g/mol. The Morgan fingerprint density at radius 2 is 2.00 bits per heavy atom. The summed E-state index contributed by atoms with van der Waals surface area (Å²) in [6.07, 6.45) is 2.45. The molecule has 0 N–H and O–H groups in total. The van der Waals surface area contributed by atoms with Gasteiger partial charge in [-0.2, -0.15) is 0 Å². The van der Waals surface area contributed by atoms with Crippen molar-refractivity contribution < 1.29 is 13.9 Å². The van der Waals surface area contributed by atoms with Gasteiger partial charge < -0.3 is 9.64 Å². The van der Waals surface area contributed by atoms with E-state index in [4.69, 9.17) is 4.74 Å². The van der Waals surface area contributed by atoms with Crippen LogP contribution in [0, 0.1) is 5.82 Å². The number of hydrogen-bond acceptors (Lipinski definition) is 3. The van der Waals surface area contributed by atoms with Crippen molar-refractivity contribution in [2.75, 3.05) is 26.2 Å². The lowest BCUT2D eigenvalue weighted by molar-refractivity contribution is -0.0715. The third-order valence-corrected chi connectivity index (χ3v) is 5.17. The van der Waals surface area contributed by atoms with Crippen molar-refractivity contribution in [3.8, 4) is 0 Å². The number of carbonyl (C=O) groups excluding carboxylic acids is 1. The average Bonchev–Trinajstić information content (AvgIpc) is 2.92. The molecule has 0 bridgehead atoms. The highest BCUT2D eigenvalue weighted by molar-refractivity contribution is 9.10. The molecule has 0 aromatic heterocycles. The number of halogens is 2. The van der Waals surface area contributed by atoms with Gasteiger partial charge in [-0.05, 0) is 44.9 Å². The number of hydrogen-bond donors (Lipinski definition) is 0. The van der Waals surface area contributed by atoms with E-state index in [-0.39, 0.29) is 30.0 Å². The second-order valence-electron chi connectivity index (χ2n) is 6.93. The maximum Gasteiger partial charge on any atom is 0.254 e. The van der Waals surface area contributed by atoms with Crippen LogP contribution in [-0.4, -0.2) is 60.1 Å². The second-order valence-corrected chi connectivity index (χ2v) is 7.84. The molecule has 0 aliphatic carbocycles. The molecule has 3 unspecified atom stereocenters. The first-order chi connectivity index (χ1) is 11.4. The summed E-state index contributed by atoms with van der Waals surface area (Å²) < 4.78 is 20.0. The average molecular weight is 399 g/mol. The first kappa shape index (κ1) is 17.8. The highest BCUT2D eigenvalue weighted by Crippen LogP contribution is 2.24. The fraction of sp³-hybridized carbons (Fsp3) is 0.611. The Morgan fingerprint density at radius 3 is 2.67 bits per heavy atom. The molecular formula is C18H24BrFN2O2. The van der Waals surface area contributed by atoms with E-state index in [1.54, 1.807) is 6.07 Å². The minimum absolute atomic E-state index is 0.0768. The monoisotopic (exact) mass is 398 g/mol. The van der Waals surface area contributed by atoms with E-state index in [0.717, 1.165) is 39.0 Å². The predicted molar refractivity (Wildman–Crippen MR) is 94.6 cm³/mol.